The summed E-state index contributed by atoms with van der Waals surface area (Å²) in [7, 11) is 0. The van der Waals surface area contributed by atoms with E-state index in [1.807, 2.05) is 0 Å². The Morgan fingerprint density at radius 2 is 1.79 bits per heavy atom. The highest BCUT2D eigenvalue weighted by molar-refractivity contribution is 5.62. The van der Waals surface area contributed by atoms with E-state index in [9.17, 15) is 18.0 Å². The van der Waals surface area contributed by atoms with Gasteiger partial charge in [-0.25, -0.2) is 0 Å². The fourth-order valence-electron chi connectivity index (χ4n) is 1.19. The monoisotopic (exact) mass is 202 g/mol. The zero-order valence-electron chi connectivity index (χ0n) is 7.29. The predicted octanol–water partition coefficient (Wildman–Crippen LogP) is 2.92. The molecule has 0 saturated carbocycles. The Kier molecular flexibility index (Phi) is 3.28. The molecule has 76 valence electrons. The molecule has 0 aromatic heterocycles. The average Bonchev–Trinajstić information content (AvgIpc) is 2.14. The first kappa shape index (κ1) is 10.8. The first-order chi connectivity index (χ1) is 6.53. The zero-order chi connectivity index (χ0) is 10.6. The van der Waals surface area contributed by atoms with Crippen molar-refractivity contribution in [1.29, 1.82) is 0 Å². The molecule has 0 radical (unpaired) electrons. The van der Waals surface area contributed by atoms with Crippen molar-refractivity contribution in [2.45, 2.75) is 18.5 Å². The van der Waals surface area contributed by atoms with E-state index < -0.39 is 18.5 Å². The molecule has 1 aromatic carbocycles. The van der Waals surface area contributed by atoms with Gasteiger partial charge in [-0.15, -0.1) is 0 Å². The molecule has 1 rings (SSSR count). The second-order valence-electron chi connectivity index (χ2n) is 2.97. The van der Waals surface area contributed by atoms with Crippen LogP contribution < -0.4 is 0 Å². The minimum Gasteiger partial charge on any atom is -0.303 e. The summed E-state index contributed by atoms with van der Waals surface area (Å²) in [4.78, 5) is 10.5. The molecule has 1 atom stereocenters. The number of aldehydes is 1. The minimum atomic E-state index is -4.30. The molecule has 0 heterocycles. The van der Waals surface area contributed by atoms with Crippen molar-refractivity contribution < 1.29 is 18.0 Å². The number of carbonyl (C=O) groups is 1. The molecule has 1 unspecified atom stereocenters. The van der Waals surface area contributed by atoms with Crippen LogP contribution in [-0.2, 0) is 4.79 Å². The normalized spacial score (nSPS) is 13.6. The number of hydrogen-bond donors (Lipinski definition) is 0. The molecular formula is C10H9F3O. The van der Waals surface area contributed by atoms with Gasteiger partial charge in [0.15, 0.2) is 0 Å². The molecular weight excluding hydrogens is 193 g/mol. The second kappa shape index (κ2) is 4.26. The lowest BCUT2D eigenvalue weighted by atomic mass is 9.97. The number of rotatable bonds is 3. The maximum atomic E-state index is 12.0. The summed E-state index contributed by atoms with van der Waals surface area (Å²) in [6.07, 6.45) is -5.06. The quantitative estimate of drug-likeness (QED) is 0.689. The molecule has 0 aliphatic rings. The average molecular weight is 202 g/mol. The summed E-state index contributed by atoms with van der Waals surface area (Å²) in [5, 5.41) is 0. The van der Waals surface area contributed by atoms with Crippen molar-refractivity contribution >= 4 is 6.29 Å². The second-order valence-corrected chi connectivity index (χ2v) is 2.97. The Labute approximate surface area is 79.5 Å². The molecule has 1 aromatic rings. The molecule has 0 amide bonds. The van der Waals surface area contributed by atoms with Crippen LogP contribution >= 0.6 is 0 Å². The van der Waals surface area contributed by atoms with Crippen molar-refractivity contribution in [2.24, 2.45) is 0 Å². The van der Waals surface area contributed by atoms with Gasteiger partial charge in [-0.2, -0.15) is 13.2 Å². The summed E-state index contributed by atoms with van der Waals surface area (Å²) in [6.45, 7) is 0. The summed E-state index contributed by atoms with van der Waals surface area (Å²) >= 11 is 0. The summed E-state index contributed by atoms with van der Waals surface area (Å²) in [5.74, 6) is -1.09. The van der Waals surface area contributed by atoms with Gasteiger partial charge in [0.25, 0.3) is 0 Å². The Morgan fingerprint density at radius 1 is 1.21 bits per heavy atom. The van der Waals surface area contributed by atoms with Gasteiger partial charge in [0.1, 0.15) is 6.29 Å². The number of hydrogen-bond acceptors (Lipinski definition) is 1. The van der Waals surface area contributed by atoms with Crippen LogP contribution in [0, 0.1) is 0 Å². The van der Waals surface area contributed by atoms with Crippen molar-refractivity contribution in [2.75, 3.05) is 0 Å². The molecule has 0 spiro atoms. The van der Waals surface area contributed by atoms with Gasteiger partial charge in [-0.1, -0.05) is 30.3 Å². The SMILES string of the molecule is O=CC(CC(F)(F)F)c1ccccc1. The minimum absolute atomic E-state index is 0.336. The van der Waals surface area contributed by atoms with Gasteiger partial charge in [0.2, 0.25) is 0 Å². The Hall–Kier alpha value is -1.32. The summed E-state index contributed by atoms with van der Waals surface area (Å²) in [6, 6.07) is 7.96. The molecule has 4 heteroatoms. The summed E-state index contributed by atoms with van der Waals surface area (Å²) < 4.78 is 36.1. The van der Waals surface area contributed by atoms with Gasteiger partial charge < -0.3 is 4.79 Å². The van der Waals surface area contributed by atoms with E-state index in [-0.39, 0.29) is 0 Å². The highest BCUT2D eigenvalue weighted by Gasteiger charge is 2.32. The van der Waals surface area contributed by atoms with Crippen LogP contribution in [0.25, 0.3) is 0 Å². The summed E-state index contributed by atoms with van der Waals surface area (Å²) in [5.41, 5.74) is 0.403. The highest BCUT2D eigenvalue weighted by atomic mass is 19.4. The molecule has 0 aliphatic carbocycles. The number of halogens is 3. The van der Waals surface area contributed by atoms with E-state index in [1.54, 1.807) is 18.2 Å². The Bertz CT molecular complexity index is 292. The fourth-order valence-corrected chi connectivity index (χ4v) is 1.19. The van der Waals surface area contributed by atoms with E-state index in [1.165, 1.54) is 12.1 Å². The van der Waals surface area contributed by atoms with Crippen molar-refractivity contribution in [3.05, 3.63) is 35.9 Å². The van der Waals surface area contributed by atoms with Crippen LogP contribution in [-0.4, -0.2) is 12.5 Å². The van der Waals surface area contributed by atoms with Crippen LogP contribution in [0.4, 0.5) is 13.2 Å². The van der Waals surface area contributed by atoms with Crippen molar-refractivity contribution in [1.82, 2.24) is 0 Å². The van der Waals surface area contributed by atoms with Crippen LogP contribution in [0.2, 0.25) is 0 Å². The van der Waals surface area contributed by atoms with E-state index in [4.69, 9.17) is 0 Å². The predicted molar refractivity (Wildman–Crippen MR) is 45.9 cm³/mol. The largest absolute Gasteiger partial charge is 0.390 e. The highest BCUT2D eigenvalue weighted by Crippen LogP contribution is 2.29. The van der Waals surface area contributed by atoms with Crippen molar-refractivity contribution in [3.63, 3.8) is 0 Å². The Balaban J connectivity index is 2.78. The van der Waals surface area contributed by atoms with E-state index in [0.717, 1.165) is 0 Å². The van der Waals surface area contributed by atoms with E-state index in [2.05, 4.69) is 0 Å². The van der Waals surface area contributed by atoms with Crippen LogP contribution in [0.3, 0.4) is 0 Å². The molecule has 14 heavy (non-hydrogen) atoms. The lowest BCUT2D eigenvalue weighted by molar-refractivity contribution is -0.143. The van der Waals surface area contributed by atoms with E-state index in [0.29, 0.717) is 11.8 Å². The lowest BCUT2D eigenvalue weighted by Crippen LogP contribution is -2.14. The standard InChI is InChI=1S/C10H9F3O/c11-10(12,13)6-9(7-14)8-4-2-1-3-5-8/h1-5,7,9H,6H2. The Morgan fingerprint density at radius 3 is 2.21 bits per heavy atom. The van der Waals surface area contributed by atoms with Gasteiger partial charge in [0, 0.05) is 5.92 Å². The third kappa shape index (κ3) is 3.20. The van der Waals surface area contributed by atoms with Crippen molar-refractivity contribution in [3.8, 4) is 0 Å². The molecule has 0 saturated heterocycles. The maximum Gasteiger partial charge on any atom is 0.390 e. The van der Waals surface area contributed by atoms with Crippen LogP contribution in [0.5, 0.6) is 0 Å². The molecule has 0 fully saturated rings. The molecule has 1 nitrogen and oxygen atoms in total. The third-order valence-corrected chi connectivity index (χ3v) is 1.84. The van der Waals surface area contributed by atoms with Gasteiger partial charge in [0.05, 0.1) is 6.42 Å². The lowest BCUT2D eigenvalue weighted by Gasteiger charge is -2.12. The topological polar surface area (TPSA) is 17.1 Å². The number of carbonyl (C=O) groups excluding carboxylic acids is 1. The van der Waals surface area contributed by atoms with Gasteiger partial charge in [-0.3, -0.25) is 0 Å². The maximum absolute atomic E-state index is 12.0. The van der Waals surface area contributed by atoms with E-state index >= 15 is 0 Å². The number of alkyl halides is 3. The zero-order valence-corrected chi connectivity index (χ0v) is 7.29. The van der Waals surface area contributed by atoms with Crippen LogP contribution in [0.1, 0.15) is 17.9 Å². The van der Waals surface area contributed by atoms with Crippen LogP contribution in [0.15, 0.2) is 30.3 Å². The molecule has 0 bridgehead atoms. The van der Waals surface area contributed by atoms with Gasteiger partial charge >= 0.3 is 6.18 Å². The molecule has 0 N–H and O–H groups in total. The number of benzene rings is 1. The fraction of sp³-hybridized carbons (Fsp3) is 0.300. The first-order valence-electron chi connectivity index (χ1n) is 4.10. The first-order valence-corrected chi connectivity index (χ1v) is 4.10. The third-order valence-electron chi connectivity index (χ3n) is 1.84. The smallest absolute Gasteiger partial charge is 0.303 e. The molecule has 0 aliphatic heterocycles. The van der Waals surface area contributed by atoms with Gasteiger partial charge in [-0.05, 0) is 5.56 Å².